The predicted octanol–water partition coefficient (Wildman–Crippen LogP) is 2.14. The monoisotopic (exact) mass is 539 g/mol. The number of ether oxygens (including phenoxy) is 2. The quantitative estimate of drug-likeness (QED) is 0.434. The molecule has 0 aliphatic carbocycles. The number of nitrogens with zero attached hydrogens (tertiary/aromatic N) is 2. The zero-order valence-corrected chi connectivity index (χ0v) is 22.6. The van der Waals surface area contributed by atoms with Crippen LogP contribution in [-0.2, 0) is 24.8 Å². The maximum atomic E-state index is 12.8. The van der Waals surface area contributed by atoms with Crippen molar-refractivity contribution in [2.75, 3.05) is 43.9 Å². The second kappa shape index (κ2) is 11.5. The van der Waals surface area contributed by atoms with Crippen LogP contribution < -0.4 is 19.1 Å². The van der Waals surface area contributed by atoms with Gasteiger partial charge in [-0.1, -0.05) is 6.07 Å². The summed E-state index contributed by atoms with van der Waals surface area (Å²) < 4.78 is 63.8. The first kappa shape index (κ1) is 27.8. The van der Waals surface area contributed by atoms with Gasteiger partial charge < -0.3 is 14.8 Å². The highest BCUT2D eigenvalue weighted by atomic mass is 32.2. The molecule has 1 aliphatic heterocycles. The lowest BCUT2D eigenvalue weighted by molar-refractivity contribution is -0.121. The fraction of sp³-hybridized carbons (Fsp3) is 0.458. The zero-order valence-electron chi connectivity index (χ0n) is 20.9. The lowest BCUT2D eigenvalue weighted by Crippen LogP contribution is -2.48. The molecule has 1 atom stereocenters. The summed E-state index contributed by atoms with van der Waals surface area (Å²) in [4.78, 5) is 13.0. The molecule has 0 aromatic heterocycles. The van der Waals surface area contributed by atoms with Crippen LogP contribution in [0.2, 0.25) is 0 Å². The van der Waals surface area contributed by atoms with Gasteiger partial charge in [-0.25, -0.2) is 16.8 Å². The second-order valence-corrected chi connectivity index (χ2v) is 12.4. The van der Waals surface area contributed by atoms with Crippen LogP contribution in [0.3, 0.4) is 0 Å². The summed E-state index contributed by atoms with van der Waals surface area (Å²) in [5, 5.41) is 2.69. The average Bonchev–Trinajstić information content (AvgIpc) is 3.37. The number of rotatable bonds is 11. The van der Waals surface area contributed by atoms with Crippen molar-refractivity contribution in [1.82, 2.24) is 9.62 Å². The Kier molecular flexibility index (Phi) is 8.85. The van der Waals surface area contributed by atoms with E-state index in [0.717, 1.165) is 29.0 Å². The van der Waals surface area contributed by atoms with E-state index in [9.17, 15) is 21.6 Å². The molecule has 1 aliphatic rings. The number of carbonyl (C=O) groups is 1. The van der Waals surface area contributed by atoms with Crippen LogP contribution >= 0.6 is 0 Å². The molecule has 2 aromatic rings. The van der Waals surface area contributed by atoms with E-state index in [-0.39, 0.29) is 23.7 Å². The number of sulfonamides is 2. The Morgan fingerprint density at radius 1 is 1.08 bits per heavy atom. The van der Waals surface area contributed by atoms with Crippen molar-refractivity contribution in [1.29, 1.82) is 0 Å². The number of benzene rings is 2. The van der Waals surface area contributed by atoms with E-state index in [1.807, 2.05) is 6.92 Å². The van der Waals surface area contributed by atoms with E-state index in [0.29, 0.717) is 24.6 Å². The lowest BCUT2D eigenvalue weighted by atomic mass is 10.2. The van der Waals surface area contributed by atoms with Gasteiger partial charge in [0.05, 0.1) is 30.5 Å². The van der Waals surface area contributed by atoms with E-state index in [1.54, 1.807) is 30.3 Å². The van der Waals surface area contributed by atoms with E-state index in [4.69, 9.17) is 9.47 Å². The fourth-order valence-electron chi connectivity index (χ4n) is 4.03. The van der Waals surface area contributed by atoms with Crippen molar-refractivity contribution in [3.05, 3.63) is 48.0 Å². The highest BCUT2D eigenvalue weighted by Crippen LogP contribution is 2.32. The van der Waals surface area contributed by atoms with Gasteiger partial charge in [-0.15, -0.1) is 0 Å². The van der Waals surface area contributed by atoms with Gasteiger partial charge in [0.2, 0.25) is 26.0 Å². The highest BCUT2D eigenvalue weighted by Gasteiger charge is 2.31. The van der Waals surface area contributed by atoms with Crippen molar-refractivity contribution in [3.63, 3.8) is 0 Å². The Bertz CT molecular complexity index is 1270. The third-order valence-corrected chi connectivity index (χ3v) is 9.00. The summed E-state index contributed by atoms with van der Waals surface area (Å²) in [6.45, 7) is 4.62. The number of nitrogens with one attached hydrogen (secondary N) is 1. The van der Waals surface area contributed by atoms with Crippen LogP contribution in [0.5, 0.6) is 11.5 Å². The molecule has 0 bridgehead atoms. The molecule has 1 saturated heterocycles. The smallest absolute Gasteiger partial charge is 0.243 e. The number of hydrogen-bond donors (Lipinski definition) is 1. The summed E-state index contributed by atoms with van der Waals surface area (Å²) in [5.74, 6) is 0.295. The van der Waals surface area contributed by atoms with Gasteiger partial charge in [-0.2, -0.15) is 4.31 Å². The normalized spacial score (nSPS) is 15.3. The van der Waals surface area contributed by atoms with Crippen molar-refractivity contribution in [2.24, 2.45) is 0 Å². The van der Waals surface area contributed by atoms with Crippen LogP contribution in [-0.4, -0.2) is 72.7 Å². The lowest BCUT2D eigenvalue weighted by Gasteiger charge is -2.29. The molecule has 0 saturated carbocycles. The Morgan fingerprint density at radius 3 is 2.31 bits per heavy atom. The molecule has 1 N–H and O–H groups in total. The highest BCUT2D eigenvalue weighted by molar-refractivity contribution is 7.92. The van der Waals surface area contributed by atoms with E-state index < -0.39 is 32.0 Å². The SMILES string of the molecule is COc1ccc(C)cc1N([C@H](C)C(=O)NCCOc1ccc(S(=O)(=O)N2CCCC2)cc1)S(C)(=O)=O. The minimum absolute atomic E-state index is 0.114. The Balaban J connectivity index is 1.59. The number of aryl methyl sites for hydroxylation is 1. The van der Waals surface area contributed by atoms with Gasteiger partial charge in [-0.05, 0) is 68.7 Å². The topological polar surface area (TPSA) is 122 Å². The molecule has 10 nitrogen and oxygen atoms in total. The minimum atomic E-state index is -3.80. The average molecular weight is 540 g/mol. The van der Waals surface area contributed by atoms with Crippen molar-refractivity contribution in [2.45, 2.75) is 37.6 Å². The summed E-state index contributed by atoms with van der Waals surface area (Å²) in [5.41, 5.74) is 1.10. The molecule has 12 heteroatoms. The van der Waals surface area contributed by atoms with Gasteiger partial charge in [0.15, 0.2) is 0 Å². The molecule has 2 aromatic carbocycles. The first-order valence-corrected chi connectivity index (χ1v) is 14.9. The van der Waals surface area contributed by atoms with E-state index in [1.165, 1.54) is 30.5 Å². The van der Waals surface area contributed by atoms with Gasteiger partial charge >= 0.3 is 0 Å². The number of amides is 1. The molecule has 1 amide bonds. The molecule has 36 heavy (non-hydrogen) atoms. The molecule has 0 radical (unpaired) electrons. The summed E-state index contributed by atoms with van der Waals surface area (Å²) >= 11 is 0. The minimum Gasteiger partial charge on any atom is -0.495 e. The van der Waals surface area contributed by atoms with Crippen LogP contribution in [0, 0.1) is 6.92 Å². The van der Waals surface area contributed by atoms with Crippen molar-refractivity contribution in [3.8, 4) is 11.5 Å². The third kappa shape index (κ3) is 6.48. The molecule has 1 fully saturated rings. The predicted molar refractivity (Wildman–Crippen MR) is 137 cm³/mol. The van der Waals surface area contributed by atoms with Gasteiger partial charge in [0, 0.05) is 13.1 Å². The van der Waals surface area contributed by atoms with Crippen LogP contribution in [0.25, 0.3) is 0 Å². The third-order valence-electron chi connectivity index (χ3n) is 5.86. The molecule has 0 unspecified atom stereocenters. The van der Waals surface area contributed by atoms with Crippen molar-refractivity contribution >= 4 is 31.6 Å². The standard InChI is InChI=1S/C24H33N3O7S2/c1-18-7-12-23(33-3)22(17-18)27(35(4,29)30)19(2)24(28)25-13-16-34-20-8-10-21(11-9-20)36(31,32)26-14-5-6-15-26/h7-12,17,19H,5-6,13-16H2,1-4H3,(H,25,28)/t19-/m1/s1. The number of methoxy groups -OCH3 is 1. The maximum Gasteiger partial charge on any atom is 0.243 e. The molecular weight excluding hydrogens is 506 g/mol. The largest absolute Gasteiger partial charge is 0.495 e. The fourth-order valence-corrected chi connectivity index (χ4v) is 6.72. The molecule has 0 spiro atoms. The second-order valence-electron chi connectivity index (χ2n) is 8.63. The van der Waals surface area contributed by atoms with Crippen molar-refractivity contribution < 1.29 is 31.1 Å². The molecule has 198 valence electrons. The van der Waals surface area contributed by atoms with E-state index >= 15 is 0 Å². The summed E-state index contributed by atoms with van der Waals surface area (Å²) in [6.07, 6.45) is 2.77. The molecule has 3 rings (SSSR count). The number of hydrogen-bond acceptors (Lipinski definition) is 7. The van der Waals surface area contributed by atoms with Gasteiger partial charge in [-0.3, -0.25) is 9.10 Å². The van der Waals surface area contributed by atoms with Gasteiger partial charge in [0.1, 0.15) is 24.1 Å². The Hall–Kier alpha value is -2.83. The van der Waals surface area contributed by atoms with Crippen LogP contribution in [0.1, 0.15) is 25.3 Å². The van der Waals surface area contributed by atoms with Gasteiger partial charge in [0.25, 0.3) is 0 Å². The maximum absolute atomic E-state index is 12.8. The number of carbonyl (C=O) groups excluding carboxylic acids is 1. The summed E-state index contributed by atoms with van der Waals surface area (Å²) in [7, 11) is -5.86. The molecular formula is C24H33N3O7S2. The Labute approximate surface area is 213 Å². The van der Waals surface area contributed by atoms with Crippen LogP contribution in [0.15, 0.2) is 47.4 Å². The van der Waals surface area contributed by atoms with E-state index in [2.05, 4.69) is 5.32 Å². The van der Waals surface area contributed by atoms with Crippen LogP contribution in [0.4, 0.5) is 5.69 Å². The summed E-state index contributed by atoms with van der Waals surface area (Å²) in [6, 6.07) is 10.2. The zero-order chi connectivity index (χ0) is 26.5. The molecule has 1 heterocycles. The Morgan fingerprint density at radius 2 is 1.72 bits per heavy atom. The first-order chi connectivity index (χ1) is 16.9. The first-order valence-electron chi connectivity index (χ1n) is 11.6. The number of anilines is 1.